The summed E-state index contributed by atoms with van der Waals surface area (Å²) in [6.45, 7) is 7.34. The third kappa shape index (κ3) is 3.98. The van der Waals surface area contributed by atoms with Gasteiger partial charge in [0.05, 0.1) is 0 Å². The number of likely N-dealkylation sites (tertiary alicyclic amines) is 1. The van der Waals surface area contributed by atoms with E-state index in [1.807, 2.05) is 6.92 Å². The first-order chi connectivity index (χ1) is 9.08. The molecule has 0 spiro atoms. The number of benzene rings is 1. The second-order valence-corrected chi connectivity index (χ2v) is 5.32. The van der Waals surface area contributed by atoms with E-state index in [1.165, 1.54) is 18.6 Å². The van der Waals surface area contributed by atoms with Gasteiger partial charge in [0.25, 0.3) is 0 Å². The molecule has 0 amide bonds. The van der Waals surface area contributed by atoms with E-state index < -0.39 is 11.6 Å². The average molecular weight is 268 g/mol. The molecule has 1 saturated heterocycles. The second kappa shape index (κ2) is 6.44. The minimum Gasteiger partial charge on any atom is -0.306 e. The first-order valence-electron chi connectivity index (χ1n) is 7.03. The molecule has 0 saturated carbocycles. The fourth-order valence-electron chi connectivity index (χ4n) is 2.75. The van der Waals surface area contributed by atoms with Gasteiger partial charge in [-0.3, -0.25) is 0 Å². The molecule has 1 heterocycles. The van der Waals surface area contributed by atoms with Gasteiger partial charge in [-0.2, -0.15) is 0 Å². The number of nitrogens with zero attached hydrogens (tertiary/aromatic N) is 1. The summed E-state index contributed by atoms with van der Waals surface area (Å²) in [5, 5.41) is 3.48. The number of likely N-dealkylation sites (N-methyl/N-ethyl adjacent to an activating group) is 1. The Balaban J connectivity index is 1.98. The molecular weight excluding hydrogens is 246 g/mol. The largest absolute Gasteiger partial charge is 0.306 e. The Kier molecular flexibility index (Phi) is 4.88. The van der Waals surface area contributed by atoms with Crippen molar-refractivity contribution in [3.63, 3.8) is 0 Å². The maximum absolute atomic E-state index is 13.2. The first kappa shape index (κ1) is 14.4. The molecule has 0 bridgehead atoms. The Hall–Kier alpha value is -1.00. The summed E-state index contributed by atoms with van der Waals surface area (Å²) in [5.41, 5.74) is 0.672. The van der Waals surface area contributed by atoms with Gasteiger partial charge in [-0.1, -0.05) is 6.92 Å². The summed E-state index contributed by atoms with van der Waals surface area (Å²) in [6, 6.07) is 4.08. The molecule has 2 atom stereocenters. The molecule has 1 aromatic carbocycles. The molecule has 1 N–H and O–H groups in total. The minimum absolute atomic E-state index is 0.0352. The van der Waals surface area contributed by atoms with E-state index >= 15 is 0 Å². The van der Waals surface area contributed by atoms with Crippen LogP contribution in [-0.4, -0.2) is 30.6 Å². The Labute approximate surface area is 113 Å². The van der Waals surface area contributed by atoms with Gasteiger partial charge >= 0.3 is 0 Å². The van der Waals surface area contributed by atoms with Crippen LogP contribution in [0.1, 0.15) is 38.3 Å². The van der Waals surface area contributed by atoms with E-state index in [0.717, 1.165) is 32.1 Å². The van der Waals surface area contributed by atoms with Crippen LogP contribution in [0, 0.1) is 11.6 Å². The predicted octanol–water partition coefficient (Wildman–Crippen LogP) is 3.10. The van der Waals surface area contributed by atoms with Crippen LogP contribution in [0.4, 0.5) is 8.78 Å². The molecule has 0 radical (unpaired) electrons. The Morgan fingerprint density at radius 2 is 2.00 bits per heavy atom. The maximum atomic E-state index is 13.2. The van der Waals surface area contributed by atoms with Crippen molar-refractivity contribution in [1.82, 2.24) is 10.2 Å². The van der Waals surface area contributed by atoms with Crippen molar-refractivity contribution >= 4 is 0 Å². The van der Waals surface area contributed by atoms with Crippen LogP contribution in [0.25, 0.3) is 0 Å². The van der Waals surface area contributed by atoms with E-state index in [2.05, 4.69) is 17.1 Å². The average Bonchev–Trinajstić information content (AvgIpc) is 2.37. The van der Waals surface area contributed by atoms with Crippen LogP contribution in [0.2, 0.25) is 0 Å². The molecule has 1 aliphatic rings. The summed E-state index contributed by atoms with van der Waals surface area (Å²) in [4.78, 5) is 2.40. The number of halogens is 2. The number of rotatable bonds is 4. The Morgan fingerprint density at radius 1 is 1.32 bits per heavy atom. The van der Waals surface area contributed by atoms with Gasteiger partial charge < -0.3 is 10.2 Å². The fraction of sp³-hybridized carbons (Fsp3) is 0.600. The molecule has 0 aromatic heterocycles. The molecule has 2 unspecified atom stereocenters. The van der Waals surface area contributed by atoms with Crippen molar-refractivity contribution < 1.29 is 8.78 Å². The summed E-state index contributed by atoms with van der Waals surface area (Å²) >= 11 is 0. The van der Waals surface area contributed by atoms with Gasteiger partial charge in [0.15, 0.2) is 0 Å². The van der Waals surface area contributed by atoms with E-state index in [1.54, 1.807) is 0 Å². The van der Waals surface area contributed by atoms with Gasteiger partial charge in [-0.25, -0.2) is 8.78 Å². The van der Waals surface area contributed by atoms with Crippen molar-refractivity contribution in [2.24, 2.45) is 0 Å². The lowest BCUT2D eigenvalue weighted by atomic mass is 10.0. The molecular formula is C15H22F2N2. The van der Waals surface area contributed by atoms with Crippen LogP contribution in [0.3, 0.4) is 0 Å². The fourth-order valence-corrected chi connectivity index (χ4v) is 2.75. The zero-order chi connectivity index (χ0) is 13.8. The molecule has 1 aromatic rings. The monoisotopic (exact) mass is 268 g/mol. The number of nitrogens with one attached hydrogen (secondary N) is 1. The predicted molar refractivity (Wildman–Crippen MR) is 73.0 cm³/mol. The van der Waals surface area contributed by atoms with E-state index in [9.17, 15) is 8.78 Å². The molecule has 4 heteroatoms. The Bertz CT molecular complexity index is 402. The molecule has 2 nitrogen and oxygen atoms in total. The molecule has 0 aliphatic carbocycles. The zero-order valence-corrected chi connectivity index (χ0v) is 11.6. The minimum atomic E-state index is -0.512. The highest BCUT2D eigenvalue weighted by Crippen LogP contribution is 2.19. The van der Waals surface area contributed by atoms with Crippen molar-refractivity contribution in [3.8, 4) is 0 Å². The van der Waals surface area contributed by atoms with Crippen LogP contribution >= 0.6 is 0 Å². The summed E-state index contributed by atoms with van der Waals surface area (Å²) < 4.78 is 26.4. The third-order valence-electron chi connectivity index (χ3n) is 3.82. The summed E-state index contributed by atoms with van der Waals surface area (Å²) in [5.74, 6) is -1.02. The standard InChI is InChI=1S/C15H22F2N2/c1-3-19-6-4-5-15(10-19)18-11(2)12-7-13(16)9-14(17)8-12/h7-9,11,15,18H,3-6,10H2,1-2H3. The summed E-state index contributed by atoms with van der Waals surface area (Å²) in [6.07, 6.45) is 2.30. The van der Waals surface area contributed by atoms with Crippen molar-refractivity contribution in [2.75, 3.05) is 19.6 Å². The molecule has 19 heavy (non-hydrogen) atoms. The topological polar surface area (TPSA) is 15.3 Å². The van der Waals surface area contributed by atoms with Crippen LogP contribution in [-0.2, 0) is 0 Å². The van der Waals surface area contributed by atoms with Gasteiger partial charge in [0, 0.05) is 24.7 Å². The molecule has 106 valence electrons. The van der Waals surface area contributed by atoms with Gasteiger partial charge in [-0.05, 0) is 50.6 Å². The quantitative estimate of drug-likeness (QED) is 0.902. The van der Waals surface area contributed by atoms with Crippen molar-refractivity contribution in [1.29, 1.82) is 0 Å². The second-order valence-electron chi connectivity index (χ2n) is 5.32. The van der Waals surface area contributed by atoms with Gasteiger partial charge in [0.2, 0.25) is 0 Å². The van der Waals surface area contributed by atoms with Crippen LogP contribution in [0.15, 0.2) is 18.2 Å². The smallest absolute Gasteiger partial charge is 0.126 e. The zero-order valence-electron chi connectivity index (χ0n) is 11.6. The number of hydrogen-bond acceptors (Lipinski definition) is 2. The van der Waals surface area contributed by atoms with E-state index in [4.69, 9.17) is 0 Å². The van der Waals surface area contributed by atoms with Crippen LogP contribution < -0.4 is 5.32 Å². The highest BCUT2D eigenvalue weighted by molar-refractivity contribution is 5.21. The first-order valence-corrected chi connectivity index (χ1v) is 7.03. The van der Waals surface area contributed by atoms with Crippen molar-refractivity contribution in [3.05, 3.63) is 35.4 Å². The Morgan fingerprint density at radius 3 is 2.63 bits per heavy atom. The van der Waals surface area contributed by atoms with Gasteiger partial charge in [-0.15, -0.1) is 0 Å². The maximum Gasteiger partial charge on any atom is 0.126 e. The summed E-state index contributed by atoms with van der Waals surface area (Å²) in [7, 11) is 0. The van der Waals surface area contributed by atoms with Gasteiger partial charge in [0.1, 0.15) is 11.6 Å². The lowest BCUT2D eigenvalue weighted by Crippen LogP contribution is -2.46. The normalized spacial score (nSPS) is 22.4. The third-order valence-corrected chi connectivity index (χ3v) is 3.82. The number of hydrogen-bond donors (Lipinski definition) is 1. The molecule has 2 rings (SSSR count). The SMILES string of the molecule is CCN1CCCC(NC(C)c2cc(F)cc(F)c2)C1. The van der Waals surface area contributed by atoms with Crippen molar-refractivity contribution in [2.45, 2.75) is 38.8 Å². The number of piperidine rings is 1. The highest BCUT2D eigenvalue weighted by Gasteiger charge is 2.20. The highest BCUT2D eigenvalue weighted by atomic mass is 19.1. The lowest BCUT2D eigenvalue weighted by Gasteiger charge is -2.34. The molecule has 1 fully saturated rings. The molecule has 1 aliphatic heterocycles. The lowest BCUT2D eigenvalue weighted by molar-refractivity contribution is 0.192. The van der Waals surface area contributed by atoms with Crippen LogP contribution in [0.5, 0.6) is 0 Å². The van der Waals surface area contributed by atoms with E-state index in [0.29, 0.717) is 11.6 Å². The van der Waals surface area contributed by atoms with E-state index in [-0.39, 0.29) is 6.04 Å².